The zero-order chi connectivity index (χ0) is 10.8. The third-order valence-corrected chi connectivity index (χ3v) is 2.98. The number of nitrogens with one attached hydrogen (secondary N) is 1. The number of nitrogens with zero attached hydrogens (tertiary/aromatic N) is 1. The van der Waals surface area contributed by atoms with Gasteiger partial charge < -0.3 is 11.1 Å². The van der Waals surface area contributed by atoms with Crippen LogP contribution < -0.4 is 11.1 Å². The summed E-state index contributed by atoms with van der Waals surface area (Å²) in [5, 5.41) is 3.23. The first-order chi connectivity index (χ1) is 7.20. The van der Waals surface area contributed by atoms with Crippen molar-refractivity contribution in [1.82, 2.24) is 5.32 Å². The van der Waals surface area contributed by atoms with Crippen LogP contribution >= 0.6 is 0 Å². The van der Waals surface area contributed by atoms with Crippen molar-refractivity contribution >= 4 is 5.84 Å². The number of hydrogen-bond acceptors (Lipinski definition) is 3. The highest BCUT2D eigenvalue weighted by Crippen LogP contribution is 2.19. The molecule has 3 N–H and O–H groups in total. The van der Waals surface area contributed by atoms with Crippen molar-refractivity contribution in [3.05, 3.63) is 34.9 Å². The Balaban J connectivity index is 2.32. The topological polar surface area (TPSA) is 50.4 Å². The van der Waals surface area contributed by atoms with Crippen LogP contribution in [0.1, 0.15) is 22.7 Å². The predicted octanol–water partition coefficient (Wildman–Crippen LogP) is 1.30. The van der Waals surface area contributed by atoms with Crippen LogP contribution in [-0.2, 0) is 0 Å². The molecule has 3 heteroatoms. The second kappa shape index (κ2) is 4.03. The highest BCUT2D eigenvalue weighted by molar-refractivity contribution is 5.89. The van der Waals surface area contributed by atoms with Crippen molar-refractivity contribution in [1.29, 1.82) is 0 Å². The van der Waals surface area contributed by atoms with E-state index in [2.05, 4.69) is 36.3 Å². The van der Waals surface area contributed by atoms with E-state index < -0.39 is 0 Å². The fourth-order valence-electron chi connectivity index (χ4n) is 1.88. The highest BCUT2D eigenvalue weighted by atomic mass is 15.1. The molecule has 0 fully saturated rings. The second-order valence-electron chi connectivity index (χ2n) is 3.96. The summed E-state index contributed by atoms with van der Waals surface area (Å²) in [5.41, 5.74) is 9.89. The average molecular weight is 203 g/mol. The average Bonchev–Trinajstić information content (AvgIpc) is 2.74. The summed E-state index contributed by atoms with van der Waals surface area (Å²) in [6, 6.07) is 6.13. The molecule has 0 aromatic heterocycles. The van der Waals surface area contributed by atoms with E-state index in [1.54, 1.807) is 0 Å². The summed E-state index contributed by atoms with van der Waals surface area (Å²) >= 11 is 0. The number of aliphatic imine (C=N–C) groups is 1. The number of aryl methyl sites for hydroxylation is 1. The summed E-state index contributed by atoms with van der Waals surface area (Å²) in [7, 11) is 0. The Morgan fingerprint density at radius 2 is 2.20 bits per heavy atom. The van der Waals surface area contributed by atoms with Crippen LogP contribution in [0.2, 0.25) is 0 Å². The maximum atomic E-state index is 6.18. The van der Waals surface area contributed by atoms with Crippen LogP contribution in [0.5, 0.6) is 0 Å². The first kappa shape index (κ1) is 10.2. The van der Waals surface area contributed by atoms with Crippen molar-refractivity contribution in [2.24, 2.45) is 10.7 Å². The van der Waals surface area contributed by atoms with Gasteiger partial charge in [-0.05, 0) is 30.5 Å². The van der Waals surface area contributed by atoms with E-state index in [4.69, 9.17) is 5.73 Å². The first-order valence-corrected chi connectivity index (χ1v) is 5.30. The smallest absolute Gasteiger partial charge is 0.118 e. The third-order valence-electron chi connectivity index (χ3n) is 2.98. The van der Waals surface area contributed by atoms with Gasteiger partial charge in [0.1, 0.15) is 5.84 Å². The molecule has 1 atom stereocenters. The van der Waals surface area contributed by atoms with Crippen molar-refractivity contribution in [3.8, 4) is 0 Å². The van der Waals surface area contributed by atoms with E-state index in [-0.39, 0.29) is 6.04 Å². The number of hydrogen-bond donors (Lipinski definition) is 2. The second-order valence-corrected chi connectivity index (χ2v) is 3.96. The van der Waals surface area contributed by atoms with Crippen molar-refractivity contribution < 1.29 is 0 Å². The molecule has 0 saturated heterocycles. The zero-order valence-corrected chi connectivity index (χ0v) is 9.25. The molecule has 0 radical (unpaired) electrons. The molecule has 1 aromatic carbocycles. The summed E-state index contributed by atoms with van der Waals surface area (Å²) in [6.45, 7) is 5.97. The molecular formula is C12H17N3. The summed E-state index contributed by atoms with van der Waals surface area (Å²) in [5.74, 6) is 0.920. The van der Waals surface area contributed by atoms with Gasteiger partial charge in [0.15, 0.2) is 0 Å². The molecule has 2 rings (SSSR count). The van der Waals surface area contributed by atoms with Gasteiger partial charge in [-0.2, -0.15) is 0 Å². The number of benzene rings is 1. The lowest BCUT2D eigenvalue weighted by molar-refractivity contribution is 0.885. The molecule has 0 amide bonds. The quantitative estimate of drug-likeness (QED) is 0.761. The van der Waals surface area contributed by atoms with Gasteiger partial charge in [-0.1, -0.05) is 18.2 Å². The lowest BCUT2D eigenvalue weighted by atomic mass is 9.97. The van der Waals surface area contributed by atoms with Gasteiger partial charge >= 0.3 is 0 Å². The molecule has 1 unspecified atom stereocenters. The molecule has 15 heavy (non-hydrogen) atoms. The van der Waals surface area contributed by atoms with Gasteiger partial charge in [-0.3, -0.25) is 4.99 Å². The Labute approximate surface area is 90.4 Å². The first-order valence-electron chi connectivity index (χ1n) is 5.30. The Bertz CT molecular complexity index is 396. The van der Waals surface area contributed by atoms with Crippen LogP contribution in [0.15, 0.2) is 23.2 Å². The Hall–Kier alpha value is -1.35. The van der Waals surface area contributed by atoms with Crippen molar-refractivity contribution in [2.45, 2.75) is 19.9 Å². The largest absolute Gasteiger partial charge is 0.370 e. The fourth-order valence-corrected chi connectivity index (χ4v) is 1.88. The van der Waals surface area contributed by atoms with E-state index in [0.29, 0.717) is 0 Å². The van der Waals surface area contributed by atoms with Gasteiger partial charge in [-0.25, -0.2) is 0 Å². The maximum absolute atomic E-state index is 6.18. The Morgan fingerprint density at radius 3 is 2.87 bits per heavy atom. The highest BCUT2D eigenvalue weighted by Gasteiger charge is 2.18. The Kier molecular flexibility index (Phi) is 2.73. The van der Waals surface area contributed by atoms with E-state index >= 15 is 0 Å². The zero-order valence-electron chi connectivity index (χ0n) is 9.25. The van der Waals surface area contributed by atoms with Crippen molar-refractivity contribution in [3.63, 3.8) is 0 Å². The van der Waals surface area contributed by atoms with Crippen LogP contribution in [0.4, 0.5) is 0 Å². The predicted molar refractivity (Wildman–Crippen MR) is 63.1 cm³/mol. The molecule has 80 valence electrons. The monoisotopic (exact) mass is 203 g/mol. The minimum absolute atomic E-state index is 0.104. The fraction of sp³-hybridized carbons (Fsp3) is 0.417. The van der Waals surface area contributed by atoms with E-state index in [0.717, 1.165) is 18.9 Å². The standard InChI is InChI=1S/C12H17N3/c1-8-4-3-5-10(9(8)2)11(13)12-14-6-7-15-12/h3-5,11H,6-7,13H2,1-2H3,(H,14,15). The molecule has 3 nitrogen and oxygen atoms in total. The number of nitrogens with two attached hydrogens (primary N) is 1. The number of amidine groups is 1. The summed E-state index contributed by atoms with van der Waals surface area (Å²) in [4.78, 5) is 4.36. The molecule has 1 aliphatic heterocycles. The van der Waals surface area contributed by atoms with Gasteiger partial charge in [0.2, 0.25) is 0 Å². The van der Waals surface area contributed by atoms with Gasteiger partial charge in [-0.15, -0.1) is 0 Å². The van der Waals surface area contributed by atoms with Crippen molar-refractivity contribution in [2.75, 3.05) is 13.1 Å². The molecule has 1 heterocycles. The van der Waals surface area contributed by atoms with Crippen LogP contribution in [0.25, 0.3) is 0 Å². The minimum Gasteiger partial charge on any atom is -0.370 e. The minimum atomic E-state index is -0.104. The molecular weight excluding hydrogens is 186 g/mol. The molecule has 1 aromatic rings. The van der Waals surface area contributed by atoms with Gasteiger partial charge in [0, 0.05) is 6.54 Å². The number of rotatable bonds is 2. The third kappa shape index (κ3) is 1.88. The summed E-state index contributed by atoms with van der Waals surface area (Å²) in [6.07, 6.45) is 0. The van der Waals surface area contributed by atoms with Crippen LogP contribution in [0.3, 0.4) is 0 Å². The Morgan fingerprint density at radius 1 is 1.40 bits per heavy atom. The molecule has 0 bridgehead atoms. The lowest BCUT2D eigenvalue weighted by Gasteiger charge is -2.16. The van der Waals surface area contributed by atoms with Crippen LogP contribution in [0, 0.1) is 13.8 Å². The van der Waals surface area contributed by atoms with Gasteiger partial charge in [0.05, 0.1) is 12.6 Å². The van der Waals surface area contributed by atoms with E-state index in [1.807, 2.05) is 6.07 Å². The van der Waals surface area contributed by atoms with Gasteiger partial charge in [0.25, 0.3) is 0 Å². The molecule has 1 aliphatic rings. The summed E-state index contributed by atoms with van der Waals surface area (Å²) < 4.78 is 0. The van der Waals surface area contributed by atoms with Crippen LogP contribution in [-0.4, -0.2) is 18.9 Å². The van der Waals surface area contributed by atoms with E-state index in [9.17, 15) is 0 Å². The normalized spacial score (nSPS) is 17.1. The molecule has 0 saturated carbocycles. The SMILES string of the molecule is Cc1cccc(C(N)C2=NCCN2)c1C. The maximum Gasteiger partial charge on any atom is 0.118 e. The molecule has 0 spiro atoms. The van der Waals surface area contributed by atoms with E-state index in [1.165, 1.54) is 16.7 Å². The molecule has 0 aliphatic carbocycles. The lowest BCUT2D eigenvalue weighted by Crippen LogP contribution is -2.31.